The molecule has 106 valence electrons. The number of hydrogen-bond acceptors (Lipinski definition) is 3. The molecule has 20 heavy (non-hydrogen) atoms. The molecule has 1 aliphatic heterocycles. The van der Waals surface area contributed by atoms with E-state index in [9.17, 15) is 14.4 Å². The van der Waals surface area contributed by atoms with Gasteiger partial charge in [0.1, 0.15) is 4.83 Å². The van der Waals surface area contributed by atoms with Crippen LogP contribution >= 0.6 is 15.9 Å². The number of amides is 2. The Bertz CT molecular complexity index is 537. The summed E-state index contributed by atoms with van der Waals surface area (Å²) in [4.78, 5) is 35.6. The molecule has 1 aromatic rings. The van der Waals surface area contributed by atoms with E-state index < -0.39 is 10.8 Å². The molecule has 2 amide bonds. The van der Waals surface area contributed by atoms with Crippen molar-refractivity contribution in [3.8, 4) is 0 Å². The molecule has 2 atom stereocenters. The highest BCUT2D eigenvalue weighted by Gasteiger charge is 2.35. The molecule has 0 bridgehead atoms. The number of carbonyl (C=O) groups excluding carboxylic acids is 2. The van der Waals surface area contributed by atoms with Gasteiger partial charge in [-0.3, -0.25) is 19.3 Å². The van der Waals surface area contributed by atoms with E-state index in [2.05, 4.69) is 15.9 Å². The van der Waals surface area contributed by atoms with Crippen LogP contribution in [0.4, 0.5) is 0 Å². The Labute approximate surface area is 124 Å². The van der Waals surface area contributed by atoms with E-state index in [-0.39, 0.29) is 24.3 Å². The van der Waals surface area contributed by atoms with E-state index in [1.165, 1.54) is 4.90 Å². The molecule has 2 rings (SSSR count). The van der Waals surface area contributed by atoms with Crippen LogP contribution in [0.2, 0.25) is 0 Å². The Morgan fingerprint density at radius 1 is 1.25 bits per heavy atom. The average Bonchev–Trinajstić information content (AvgIpc) is 2.68. The Morgan fingerprint density at radius 2 is 1.75 bits per heavy atom. The van der Waals surface area contributed by atoms with Gasteiger partial charge in [0, 0.05) is 6.54 Å². The number of imide groups is 1. The third-order valence-electron chi connectivity index (χ3n) is 3.42. The Balaban J connectivity index is 2.04. The molecule has 6 heteroatoms. The van der Waals surface area contributed by atoms with Crippen LogP contribution in [-0.2, 0) is 4.79 Å². The van der Waals surface area contributed by atoms with Gasteiger partial charge in [-0.25, -0.2) is 0 Å². The first-order valence-corrected chi connectivity index (χ1v) is 7.17. The number of halogens is 1. The zero-order chi connectivity index (χ0) is 14.9. The van der Waals surface area contributed by atoms with Crippen molar-refractivity contribution in [3.05, 3.63) is 35.4 Å². The summed E-state index contributed by atoms with van der Waals surface area (Å²) in [6.07, 6.45) is 0.438. The van der Waals surface area contributed by atoms with Crippen LogP contribution in [0, 0.1) is 5.92 Å². The quantitative estimate of drug-likeness (QED) is 0.658. The monoisotopic (exact) mass is 339 g/mol. The van der Waals surface area contributed by atoms with Crippen LogP contribution < -0.4 is 0 Å². The van der Waals surface area contributed by atoms with Crippen molar-refractivity contribution in [2.45, 2.75) is 18.2 Å². The fraction of sp³-hybridized carbons (Fsp3) is 0.357. The molecule has 1 aliphatic rings. The molecule has 5 nitrogen and oxygen atoms in total. The topological polar surface area (TPSA) is 74.7 Å². The summed E-state index contributed by atoms with van der Waals surface area (Å²) in [7, 11) is 0. The summed E-state index contributed by atoms with van der Waals surface area (Å²) < 4.78 is 0. The molecule has 0 spiro atoms. The number of carboxylic acids is 1. The maximum Gasteiger partial charge on any atom is 0.317 e. The summed E-state index contributed by atoms with van der Waals surface area (Å²) in [5.74, 6) is -1.74. The summed E-state index contributed by atoms with van der Waals surface area (Å²) in [5.41, 5.74) is 0.831. The lowest BCUT2D eigenvalue weighted by molar-refractivity contribution is -0.137. The van der Waals surface area contributed by atoms with Gasteiger partial charge in [-0.1, -0.05) is 35.0 Å². The Morgan fingerprint density at radius 3 is 2.20 bits per heavy atom. The third kappa shape index (κ3) is 2.60. The third-order valence-corrected chi connectivity index (χ3v) is 4.72. The van der Waals surface area contributed by atoms with Crippen molar-refractivity contribution >= 4 is 33.7 Å². The molecule has 0 aromatic heterocycles. The minimum absolute atomic E-state index is 0.184. The number of carboxylic acid groups (broad SMARTS) is 1. The summed E-state index contributed by atoms with van der Waals surface area (Å²) >= 11 is 3.09. The smallest absolute Gasteiger partial charge is 0.317 e. The first-order valence-electron chi connectivity index (χ1n) is 6.25. The average molecular weight is 340 g/mol. The number of aliphatic carboxylic acids is 1. The van der Waals surface area contributed by atoms with Crippen molar-refractivity contribution in [1.29, 1.82) is 0 Å². The first kappa shape index (κ1) is 14.7. The van der Waals surface area contributed by atoms with E-state index >= 15 is 0 Å². The van der Waals surface area contributed by atoms with Gasteiger partial charge in [-0.2, -0.15) is 0 Å². The molecule has 0 radical (unpaired) electrons. The van der Waals surface area contributed by atoms with Gasteiger partial charge in [-0.15, -0.1) is 0 Å². The molecule has 1 heterocycles. The molecule has 0 fully saturated rings. The van der Waals surface area contributed by atoms with Gasteiger partial charge in [0.25, 0.3) is 11.8 Å². The van der Waals surface area contributed by atoms with E-state index in [1.807, 2.05) is 0 Å². The fourth-order valence-electron chi connectivity index (χ4n) is 2.16. The number of fused-ring (bicyclic) bond motifs is 1. The number of carbonyl (C=O) groups is 3. The Kier molecular flexibility index (Phi) is 4.23. The van der Waals surface area contributed by atoms with E-state index in [0.717, 1.165) is 0 Å². The first-order chi connectivity index (χ1) is 9.43. The summed E-state index contributed by atoms with van der Waals surface area (Å²) in [6, 6.07) is 6.69. The maximum atomic E-state index is 12.1. The van der Waals surface area contributed by atoms with Crippen molar-refractivity contribution < 1.29 is 19.5 Å². The Hall–Kier alpha value is -1.69. The van der Waals surface area contributed by atoms with Crippen molar-refractivity contribution in [1.82, 2.24) is 4.90 Å². The minimum Gasteiger partial charge on any atom is -0.480 e. The zero-order valence-corrected chi connectivity index (χ0v) is 12.5. The van der Waals surface area contributed by atoms with Gasteiger partial charge < -0.3 is 5.11 Å². The molecule has 1 aromatic carbocycles. The number of hydrogen-bond donors (Lipinski definition) is 1. The van der Waals surface area contributed by atoms with Crippen LogP contribution in [0.5, 0.6) is 0 Å². The predicted molar refractivity (Wildman–Crippen MR) is 75.9 cm³/mol. The highest BCUT2D eigenvalue weighted by Crippen LogP contribution is 2.24. The number of benzene rings is 1. The maximum absolute atomic E-state index is 12.1. The minimum atomic E-state index is -0.945. The lowest BCUT2D eigenvalue weighted by atomic mass is 10.0. The van der Waals surface area contributed by atoms with Gasteiger partial charge in [0.05, 0.1) is 11.1 Å². The summed E-state index contributed by atoms with van der Waals surface area (Å²) in [5, 5.41) is 8.90. The van der Waals surface area contributed by atoms with Crippen LogP contribution in [0.3, 0.4) is 0 Å². The number of rotatable bonds is 5. The molecule has 0 unspecified atom stereocenters. The second kappa shape index (κ2) is 5.75. The zero-order valence-electron chi connectivity index (χ0n) is 10.9. The van der Waals surface area contributed by atoms with Crippen molar-refractivity contribution in [2.75, 3.05) is 6.54 Å². The number of alkyl halides is 1. The molecule has 0 aliphatic carbocycles. The molecule has 1 N–H and O–H groups in total. The molecular formula is C14H14BrNO4. The molecular weight excluding hydrogens is 326 g/mol. The largest absolute Gasteiger partial charge is 0.480 e. The lowest BCUT2D eigenvalue weighted by Gasteiger charge is -2.18. The fourth-order valence-corrected chi connectivity index (χ4v) is 2.43. The van der Waals surface area contributed by atoms with Gasteiger partial charge in [0.2, 0.25) is 0 Å². The second-order valence-electron chi connectivity index (χ2n) is 4.81. The van der Waals surface area contributed by atoms with Crippen LogP contribution in [0.15, 0.2) is 24.3 Å². The van der Waals surface area contributed by atoms with Crippen LogP contribution in [0.25, 0.3) is 0 Å². The normalized spacial score (nSPS) is 17.0. The molecule has 0 saturated heterocycles. The van der Waals surface area contributed by atoms with E-state index in [0.29, 0.717) is 17.5 Å². The lowest BCUT2D eigenvalue weighted by Crippen LogP contribution is -2.33. The second-order valence-corrected chi connectivity index (χ2v) is 5.80. The van der Waals surface area contributed by atoms with Gasteiger partial charge >= 0.3 is 5.97 Å². The van der Waals surface area contributed by atoms with Crippen molar-refractivity contribution in [3.63, 3.8) is 0 Å². The highest BCUT2D eigenvalue weighted by atomic mass is 79.9. The standard InChI is InChI=1S/C14H14BrNO4/c1-8(11(15)14(19)20)6-7-16-12(17)9-4-2-3-5-10(9)13(16)18/h2-5,8,11H,6-7H2,1H3,(H,19,20)/t8-,11-/m0/s1. The number of nitrogens with zero attached hydrogens (tertiary/aromatic N) is 1. The van der Waals surface area contributed by atoms with Gasteiger partial charge in [0.15, 0.2) is 0 Å². The SMILES string of the molecule is C[C@@H](CCN1C(=O)c2ccccc2C1=O)[C@H](Br)C(=O)O. The van der Waals surface area contributed by atoms with Crippen LogP contribution in [-0.4, -0.2) is 39.2 Å². The summed E-state index contributed by atoms with van der Waals surface area (Å²) in [6.45, 7) is 1.99. The molecule has 0 saturated carbocycles. The van der Waals surface area contributed by atoms with Gasteiger partial charge in [-0.05, 0) is 24.5 Å². The van der Waals surface area contributed by atoms with E-state index in [4.69, 9.17) is 5.11 Å². The predicted octanol–water partition coefficient (Wildman–Crippen LogP) is 2.16. The van der Waals surface area contributed by atoms with Crippen molar-refractivity contribution in [2.24, 2.45) is 5.92 Å². The van der Waals surface area contributed by atoms with E-state index in [1.54, 1.807) is 31.2 Å². The van der Waals surface area contributed by atoms with Crippen LogP contribution in [0.1, 0.15) is 34.1 Å². The highest BCUT2D eigenvalue weighted by molar-refractivity contribution is 9.10.